The number of methoxy groups -OCH3 is 1. The molecule has 0 heterocycles. The second-order valence-electron chi connectivity index (χ2n) is 4.84. The van der Waals surface area contributed by atoms with E-state index in [-0.39, 0.29) is 0 Å². The fourth-order valence-corrected chi connectivity index (χ4v) is 2.65. The van der Waals surface area contributed by atoms with Gasteiger partial charge in [-0.25, -0.2) is 0 Å². The molecule has 0 fully saturated rings. The van der Waals surface area contributed by atoms with Crippen LogP contribution in [0, 0.1) is 0 Å². The number of hydrogen-bond donors (Lipinski definition) is 1. The fraction of sp³-hybridized carbons (Fsp3) is 0.294. The summed E-state index contributed by atoms with van der Waals surface area (Å²) in [6, 6.07) is 11.8. The molecule has 2 rings (SSSR count). The van der Waals surface area contributed by atoms with E-state index in [1.165, 1.54) is 5.56 Å². The van der Waals surface area contributed by atoms with Crippen LogP contribution in [0.1, 0.15) is 18.9 Å². The maximum Gasteiger partial charge on any atom is 0.138 e. The summed E-state index contributed by atoms with van der Waals surface area (Å²) in [7, 11) is 1.61. The smallest absolute Gasteiger partial charge is 0.138 e. The van der Waals surface area contributed by atoms with E-state index in [0.717, 1.165) is 35.7 Å². The third kappa shape index (κ3) is 4.13. The number of hydrogen-bond acceptors (Lipinski definition) is 2. The fourth-order valence-electron chi connectivity index (χ4n) is 2.14. The van der Waals surface area contributed by atoms with Gasteiger partial charge in [-0.3, -0.25) is 0 Å². The molecule has 0 unspecified atom stereocenters. The maximum absolute atomic E-state index is 6.41. The molecule has 2 aromatic rings. The summed E-state index contributed by atoms with van der Waals surface area (Å²) < 4.78 is 5.25. The second-order valence-corrected chi connectivity index (χ2v) is 5.65. The lowest BCUT2D eigenvalue weighted by Crippen LogP contribution is -2.13. The molecule has 0 saturated heterocycles. The van der Waals surface area contributed by atoms with Crippen molar-refractivity contribution in [2.75, 3.05) is 13.7 Å². The summed E-state index contributed by atoms with van der Waals surface area (Å²) in [5.41, 5.74) is 3.15. The zero-order valence-corrected chi connectivity index (χ0v) is 13.8. The lowest BCUT2D eigenvalue weighted by Gasteiger charge is -2.10. The Labute approximate surface area is 136 Å². The Morgan fingerprint density at radius 1 is 1.05 bits per heavy atom. The lowest BCUT2D eigenvalue weighted by molar-refractivity contribution is 0.415. The summed E-state index contributed by atoms with van der Waals surface area (Å²) in [5.74, 6) is 0.652. The van der Waals surface area contributed by atoms with Crippen molar-refractivity contribution in [2.45, 2.75) is 19.9 Å². The molecule has 21 heavy (non-hydrogen) atoms. The molecule has 0 aliphatic heterocycles. The van der Waals surface area contributed by atoms with Gasteiger partial charge in [-0.05, 0) is 42.3 Å². The minimum Gasteiger partial charge on any atom is -0.495 e. The van der Waals surface area contributed by atoms with Crippen LogP contribution in [0.2, 0.25) is 10.0 Å². The van der Waals surface area contributed by atoms with E-state index in [4.69, 9.17) is 27.9 Å². The van der Waals surface area contributed by atoms with Gasteiger partial charge in [0.2, 0.25) is 0 Å². The monoisotopic (exact) mass is 323 g/mol. The first-order chi connectivity index (χ1) is 10.2. The molecule has 2 aromatic carbocycles. The Kier molecular flexibility index (Phi) is 5.92. The van der Waals surface area contributed by atoms with Crippen LogP contribution in [-0.4, -0.2) is 13.7 Å². The summed E-state index contributed by atoms with van der Waals surface area (Å²) in [6.45, 7) is 3.99. The van der Waals surface area contributed by atoms with Crippen molar-refractivity contribution in [2.24, 2.45) is 0 Å². The van der Waals surface area contributed by atoms with Gasteiger partial charge in [-0.15, -0.1) is 0 Å². The van der Waals surface area contributed by atoms with Crippen LogP contribution < -0.4 is 10.1 Å². The van der Waals surface area contributed by atoms with E-state index in [1.807, 2.05) is 30.3 Å². The Morgan fingerprint density at radius 3 is 2.52 bits per heavy atom. The summed E-state index contributed by atoms with van der Waals surface area (Å²) in [4.78, 5) is 0. The third-order valence-electron chi connectivity index (χ3n) is 3.25. The third-order valence-corrected chi connectivity index (χ3v) is 3.88. The molecule has 0 spiro atoms. The predicted molar refractivity (Wildman–Crippen MR) is 90.4 cm³/mol. The zero-order chi connectivity index (χ0) is 15.2. The molecule has 112 valence electrons. The number of ether oxygens (including phenoxy) is 1. The minimum atomic E-state index is 0.595. The molecular weight excluding hydrogens is 305 g/mol. The highest BCUT2D eigenvalue weighted by molar-refractivity contribution is 6.34. The van der Waals surface area contributed by atoms with Crippen molar-refractivity contribution in [3.8, 4) is 16.9 Å². The Balaban J connectivity index is 2.24. The molecule has 0 saturated carbocycles. The summed E-state index contributed by atoms with van der Waals surface area (Å²) in [6.07, 6.45) is 1.12. The first kappa shape index (κ1) is 16.2. The molecule has 0 aromatic heterocycles. The van der Waals surface area contributed by atoms with Gasteiger partial charge in [0, 0.05) is 17.1 Å². The lowest BCUT2D eigenvalue weighted by atomic mass is 10.0. The van der Waals surface area contributed by atoms with Crippen LogP contribution in [0.25, 0.3) is 11.1 Å². The average Bonchev–Trinajstić information content (AvgIpc) is 2.48. The van der Waals surface area contributed by atoms with E-state index in [0.29, 0.717) is 10.8 Å². The van der Waals surface area contributed by atoms with Gasteiger partial charge in [0.15, 0.2) is 0 Å². The maximum atomic E-state index is 6.41. The van der Waals surface area contributed by atoms with Crippen LogP contribution in [0.15, 0.2) is 36.4 Å². The van der Waals surface area contributed by atoms with Gasteiger partial charge in [0.05, 0.1) is 12.1 Å². The molecule has 0 amide bonds. The quantitative estimate of drug-likeness (QED) is 0.740. The Morgan fingerprint density at radius 2 is 1.86 bits per heavy atom. The SMILES string of the molecule is CCCNCc1ccc(-c2ccc(Cl)c(OC)c2)c(Cl)c1. The number of halogens is 2. The predicted octanol–water partition coefficient (Wildman–Crippen LogP) is 5.17. The molecule has 0 aliphatic rings. The highest BCUT2D eigenvalue weighted by atomic mass is 35.5. The molecule has 2 nitrogen and oxygen atoms in total. The normalized spacial score (nSPS) is 10.7. The van der Waals surface area contributed by atoms with E-state index in [2.05, 4.69) is 18.3 Å². The van der Waals surface area contributed by atoms with Crippen molar-refractivity contribution < 1.29 is 4.74 Å². The molecule has 0 atom stereocenters. The van der Waals surface area contributed by atoms with Crippen LogP contribution in [-0.2, 0) is 6.54 Å². The van der Waals surface area contributed by atoms with Gasteiger partial charge in [0.25, 0.3) is 0 Å². The van der Waals surface area contributed by atoms with Crippen molar-refractivity contribution in [3.63, 3.8) is 0 Å². The molecule has 0 bridgehead atoms. The van der Waals surface area contributed by atoms with Crippen LogP contribution >= 0.6 is 23.2 Å². The van der Waals surface area contributed by atoms with Crippen molar-refractivity contribution >= 4 is 23.2 Å². The Bertz CT molecular complexity index is 614. The highest BCUT2D eigenvalue weighted by Gasteiger charge is 2.08. The molecule has 0 radical (unpaired) electrons. The van der Waals surface area contributed by atoms with Crippen LogP contribution in [0.5, 0.6) is 5.75 Å². The molecular formula is C17H19Cl2NO. The van der Waals surface area contributed by atoms with Crippen molar-refractivity contribution in [3.05, 3.63) is 52.0 Å². The average molecular weight is 324 g/mol. The highest BCUT2D eigenvalue weighted by Crippen LogP contribution is 2.34. The largest absolute Gasteiger partial charge is 0.495 e. The molecule has 1 N–H and O–H groups in total. The molecule has 4 heteroatoms. The van der Waals surface area contributed by atoms with Crippen molar-refractivity contribution in [1.29, 1.82) is 0 Å². The molecule has 0 aliphatic carbocycles. The first-order valence-corrected chi connectivity index (χ1v) is 7.74. The standard InChI is InChI=1S/C17H19Cl2NO/c1-3-8-20-11-12-4-6-14(16(19)9-12)13-5-7-15(18)17(10-13)21-2/h4-7,9-10,20H,3,8,11H2,1-2H3. The van der Waals surface area contributed by atoms with Gasteiger partial charge in [-0.2, -0.15) is 0 Å². The van der Waals surface area contributed by atoms with E-state index < -0.39 is 0 Å². The number of rotatable bonds is 6. The van der Waals surface area contributed by atoms with Gasteiger partial charge in [-0.1, -0.05) is 48.3 Å². The van der Waals surface area contributed by atoms with Crippen LogP contribution in [0.3, 0.4) is 0 Å². The number of benzene rings is 2. The Hall–Kier alpha value is -1.22. The summed E-state index contributed by atoms with van der Waals surface area (Å²) in [5, 5.41) is 4.69. The minimum absolute atomic E-state index is 0.595. The number of nitrogens with one attached hydrogen (secondary N) is 1. The first-order valence-electron chi connectivity index (χ1n) is 6.98. The van der Waals surface area contributed by atoms with Gasteiger partial charge < -0.3 is 10.1 Å². The van der Waals surface area contributed by atoms with Gasteiger partial charge in [0.1, 0.15) is 5.75 Å². The zero-order valence-electron chi connectivity index (χ0n) is 12.2. The topological polar surface area (TPSA) is 21.3 Å². The van der Waals surface area contributed by atoms with E-state index in [1.54, 1.807) is 7.11 Å². The van der Waals surface area contributed by atoms with Crippen LogP contribution in [0.4, 0.5) is 0 Å². The summed E-state index contributed by atoms with van der Waals surface area (Å²) >= 11 is 12.5. The van der Waals surface area contributed by atoms with E-state index >= 15 is 0 Å². The van der Waals surface area contributed by atoms with E-state index in [9.17, 15) is 0 Å². The van der Waals surface area contributed by atoms with Crippen molar-refractivity contribution in [1.82, 2.24) is 5.32 Å². The van der Waals surface area contributed by atoms with Gasteiger partial charge >= 0.3 is 0 Å². The second kappa shape index (κ2) is 7.69.